The van der Waals surface area contributed by atoms with Gasteiger partial charge in [0.1, 0.15) is 0 Å². The van der Waals surface area contributed by atoms with Gasteiger partial charge in [0, 0.05) is 0 Å². The van der Waals surface area contributed by atoms with Gasteiger partial charge in [0.05, 0.1) is 0 Å². The van der Waals surface area contributed by atoms with E-state index in [0.717, 1.165) is 6.54 Å². The van der Waals surface area contributed by atoms with Gasteiger partial charge in [0.25, 0.3) is 0 Å². The third-order valence-electron chi connectivity index (χ3n) is 0. The average Bonchev–Trinajstić information content (AvgIpc) is 0.918. The third kappa shape index (κ3) is 32.7. The zero-order chi connectivity index (χ0) is 2.71. The summed E-state index contributed by atoms with van der Waals surface area (Å²) in [6.45, 7) is 2.65. The van der Waals surface area contributed by atoms with Crippen LogP contribution >= 0.6 is 17.0 Å². The molecular weight excluding hydrogens is 325 g/mol. The molecular formula is C2H10BrNPb. The van der Waals surface area contributed by atoms with E-state index < -0.39 is 0 Å². The summed E-state index contributed by atoms with van der Waals surface area (Å²) in [5.74, 6) is 0. The Hall–Kier alpha value is 1.36. The molecule has 0 bridgehead atoms. The van der Waals surface area contributed by atoms with Gasteiger partial charge in [-0.2, -0.15) is 0 Å². The van der Waals surface area contributed by atoms with Crippen LogP contribution in [0.2, 0.25) is 0 Å². The first-order valence-corrected chi connectivity index (χ1v) is 1.12. The number of hydrogen-bond acceptors (Lipinski definition) is 1. The predicted molar refractivity (Wildman–Crippen MR) is 33.6 cm³/mol. The van der Waals surface area contributed by atoms with Crippen LogP contribution in [0.5, 0.6) is 0 Å². The first kappa shape index (κ1) is 16.2. The molecule has 1 nitrogen and oxygen atoms in total. The average molecular weight is 335 g/mol. The summed E-state index contributed by atoms with van der Waals surface area (Å²) < 4.78 is 0. The summed E-state index contributed by atoms with van der Waals surface area (Å²) in [7, 11) is 0. The Morgan fingerprint density at radius 2 is 1.60 bits per heavy atom. The van der Waals surface area contributed by atoms with Gasteiger partial charge in [-0.15, -0.1) is 17.0 Å². The van der Waals surface area contributed by atoms with Crippen LogP contribution in [0.4, 0.5) is 0 Å². The van der Waals surface area contributed by atoms with Gasteiger partial charge < -0.3 is 5.73 Å². The van der Waals surface area contributed by atoms with Gasteiger partial charge in [-0.3, -0.25) is 0 Å². The van der Waals surface area contributed by atoms with Crippen LogP contribution in [-0.2, 0) is 0 Å². The molecule has 0 heterocycles. The molecule has 0 spiro atoms. The van der Waals surface area contributed by atoms with E-state index in [-0.39, 0.29) is 44.3 Å². The molecule has 5 heavy (non-hydrogen) atoms. The van der Waals surface area contributed by atoms with Crippen molar-refractivity contribution in [1.82, 2.24) is 0 Å². The molecule has 2 N–H and O–H groups in total. The van der Waals surface area contributed by atoms with Crippen LogP contribution < -0.4 is 5.73 Å². The van der Waals surface area contributed by atoms with Crippen LogP contribution in [0.3, 0.4) is 0 Å². The fourth-order valence-corrected chi connectivity index (χ4v) is 0. The van der Waals surface area contributed by atoms with Crippen molar-refractivity contribution in [3.05, 3.63) is 0 Å². The van der Waals surface area contributed by atoms with Crippen molar-refractivity contribution in [3.8, 4) is 0 Å². The Morgan fingerprint density at radius 1 is 1.60 bits per heavy atom. The molecule has 0 aliphatic rings. The van der Waals surface area contributed by atoms with Crippen LogP contribution in [0.1, 0.15) is 6.92 Å². The van der Waals surface area contributed by atoms with Crippen molar-refractivity contribution in [1.29, 1.82) is 0 Å². The van der Waals surface area contributed by atoms with Crippen molar-refractivity contribution in [2.45, 2.75) is 6.92 Å². The summed E-state index contributed by atoms with van der Waals surface area (Å²) in [5.41, 5.74) is 4.85. The molecule has 0 saturated heterocycles. The molecule has 0 unspecified atom stereocenters. The number of hydrogen-bond donors (Lipinski definition) is 1. The maximum absolute atomic E-state index is 4.85. The van der Waals surface area contributed by atoms with Crippen LogP contribution in [0.25, 0.3) is 0 Å². The van der Waals surface area contributed by atoms with E-state index in [9.17, 15) is 0 Å². The summed E-state index contributed by atoms with van der Waals surface area (Å²) in [4.78, 5) is 0. The Bertz CT molecular complexity index is 9.61. The standard InChI is InChI=1S/C2H7N.BrH.Pb.2H/c1-2-3;;;;/h2-3H2,1H3;1H;;;. The summed E-state index contributed by atoms with van der Waals surface area (Å²) in [5, 5.41) is 0. The molecule has 0 aliphatic heterocycles. The fraction of sp³-hybridized carbons (Fsp3) is 1.00. The normalized spacial score (nSPS) is 3.60. The Labute approximate surface area is 63.2 Å². The maximum atomic E-state index is 4.85. The molecule has 0 aromatic rings. The number of nitrogens with two attached hydrogens (primary N) is 1. The second-order valence-corrected chi connectivity index (χ2v) is 0.408. The van der Waals surface area contributed by atoms with Crippen LogP contribution in [0.15, 0.2) is 0 Å². The second kappa shape index (κ2) is 18.3. The number of halogens is 1. The minimum absolute atomic E-state index is 0. The zero-order valence-electron chi connectivity index (χ0n) is 3.40. The van der Waals surface area contributed by atoms with E-state index in [1.807, 2.05) is 6.92 Å². The Kier molecular flexibility index (Phi) is 59.2. The topological polar surface area (TPSA) is 26.0 Å². The molecule has 3 heteroatoms. The van der Waals surface area contributed by atoms with E-state index in [4.69, 9.17) is 5.73 Å². The first-order chi connectivity index (χ1) is 1.41. The predicted octanol–water partition coefficient (Wildman–Crippen LogP) is -0.373. The monoisotopic (exact) mass is 335 g/mol. The van der Waals surface area contributed by atoms with Gasteiger partial charge in [-0.25, -0.2) is 0 Å². The van der Waals surface area contributed by atoms with Gasteiger partial charge in [-0.05, 0) is 6.54 Å². The van der Waals surface area contributed by atoms with E-state index in [0.29, 0.717) is 0 Å². The third-order valence-corrected chi connectivity index (χ3v) is 0. The van der Waals surface area contributed by atoms with Gasteiger partial charge in [-0.1, -0.05) is 6.92 Å². The molecule has 0 saturated carbocycles. The summed E-state index contributed by atoms with van der Waals surface area (Å²) in [6, 6.07) is 0. The molecule has 0 amide bonds. The van der Waals surface area contributed by atoms with Crippen molar-refractivity contribution in [2.75, 3.05) is 6.54 Å². The molecule has 34 valence electrons. The second-order valence-electron chi connectivity index (χ2n) is 0.408. The summed E-state index contributed by atoms with van der Waals surface area (Å²) >= 11 is 0. The van der Waals surface area contributed by atoms with Crippen molar-refractivity contribution in [3.63, 3.8) is 0 Å². The van der Waals surface area contributed by atoms with Crippen molar-refractivity contribution < 1.29 is 0 Å². The van der Waals surface area contributed by atoms with Gasteiger partial charge in [0.15, 0.2) is 0 Å². The molecule has 0 aromatic heterocycles. The quantitative estimate of drug-likeness (QED) is 0.601. The Morgan fingerprint density at radius 3 is 1.60 bits per heavy atom. The molecule has 0 atom stereocenters. The van der Waals surface area contributed by atoms with Gasteiger partial charge in [0.2, 0.25) is 0 Å². The molecule has 0 aliphatic carbocycles. The van der Waals surface area contributed by atoms with Crippen LogP contribution in [0, 0.1) is 0 Å². The molecule has 0 fully saturated rings. The molecule has 0 rings (SSSR count). The van der Waals surface area contributed by atoms with Crippen LogP contribution in [-0.4, -0.2) is 33.8 Å². The van der Waals surface area contributed by atoms with E-state index in [1.165, 1.54) is 0 Å². The van der Waals surface area contributed by atoms with Gasteiger partial charge >= 0.3 is 27.3 Å². The van der Waals surface area contributed by atoms with E-state index >= 15 is 0 Å². The minimum atomic E-state index is 0. The number of rotatable bonds is 0. The molecule has 0 aromatic carbocycles. The zero-order valence-corrected chi connectivity index (χ0v) is 10.6. The van der Waals surface area contributed by atoms with E-state index in [1.54, 1.807) is 0 Å². The molecule has 2 radical (unpaired) electrons. The van der Waals surface area contributed by atoms with Crippen molar-refractivity contribution >= 4 is 44.3 Å². The van der Waals surface area contributed by atoms with E-state index in [2.05, 4.69) is 0 Å². The SMILES string of the molecule is Br.CCN.[PbH2]. The fourth-order valence-electron chi connectivity index (χ4n) is 0. The van der Waals surface area contributed by atoms with Crippen molar-refractivity contribution in [2.24, 2.45) is 5.73 Å². The first-order valence-electron chi connectivity index (χ1n) is 1.12. The summed E-state index contributed by atoms with van der Waals surface area (Å²) in [6.07, 6.45) is 0. The Balaban J connectivity index is -0.0000000200.